The lowest BCUT2D eigenvalue weighted by molar-refractivity contribution is 0.544. The predicted molar refractivity (Wildman–Crippen MR) is 102 cm³/mol. The topological polar surface area (TPSA) is 63.6 Å². The molecule has 134 valence electrons. The summed E-state index contributed by atoms with van der Waals surface area (Å²) in [5.41, 5.74) is 0.691. The Morgan fingerprint density at radius 2 is 1.40 bits per heavy atom. The molecule has 4 nitrogen and oxygen atoms in total. The Balaban J connectivity index is 2.67. The molecule has 0 radical (unpaired) electrons. The van der Waals surface area contributed by atoms with Gasteiger partial charge in [-0.2, -0.15) is 8.42 Å². The summed E-state index contributed by atoms with van der Waals surface area (Å²) >= 11 is 0. The first-order valence-electron chi connectivity index (χ1n) is 7.86. The van der Waals surface area contributed by atoms with E-state index in [1.807, 2.05) is 27.7 Å². The van der Waals surface area contributed by atoms with Crippen LogP contribution in [0.4, 0.5) is 0 Å². The van der Waals surface area contributed by atoms with E-state index < -0.39 is 19.8 Å². The highest BCUT2D eigenvalue weighted by molar-refractivity contribution is 8.05. The highest BCUT2D eigenvalue weighted by Gasteiger charge is 2.19. The average molecular weight is 378 g/mol. The van der Waals surface area contributed by atoms with Crippen molar-refractivity contribution in [1.29, 1.82) is 0 Å². The number of hydrogen-bond acceptors (Lipinski definition) is 3. The monoisotopic (exact) mass is 377 g/mol. The first-order valence-corrected chi connectivity index (χ1v) is 10.9. The van der Waals surface area contributed by atoms with Crippen LogP contribution in [0.25, 0.3) is 0 Å². The number of rotatable bonds is 4. The minimum Gasteiger partial charge on any atom is -0.239 e. The van der Waals surface area contributed by atoms with E-state index in [1.165, 1.54) is 17.5 Å². The fourth-order valence-corrected chi connectivity index (χ4v) is 5.79. The molecule has 0 aliphatic rings. The van der Waals surface area contributed by atoms with E-state index in [0.29, 0.717) is 4.90 Å². The lowest BCUT2D eigenvalue weighted by Gasteiger charge is -2.13. The molecular formula is C19H23NO3S2. The van der Waals surface area contributed by atoms with Gasteiger partial charge < -0.3 is 0 Å². The molecule has 2 rings (SSSR count). The molecule has 0 aromatic heterocycles. The van der Waals surface area contributed by atoms with Crippen molar-refractivity contribution in [2.45, 2.75) is 37.5 Å². The molecule has 0 saturated heterocycles. The summed E-state index contributed by atoms with van der Waals surface area (Å²) in [6.45, 7) is 7.71. The van der Waals surface area contributed by atoms with Crippen LogP contribution in [0.2, 0.25) is 0 Å². The second-order valence-electron chi connectivity index (χ2n) is 6.91. The third-order valence-corrected chi connectivity index (χ3v) is 7.35. The van der Waals surface area contributed by atoms with Crippen LogP contribution in [-0.4, -0.2) is 12.6 Å². The molecule has 2 aromatic rings. The molecule has 0 heterocycles. The van der Waals surface area contributed by atoms with Crippen molar-refractivity contribution in [3.05, 3.63) is 71.6 Å². The summed E-state index contributed by atoms with van der Waals surface area (Å²) in [7, 11) is -7.31. The van der Waals surface area contributed by atoms with Gasteiger partial charge in [-0.3, -0.25) is 0 Å². The van der Waals surface area contributed by atoms with Crippen molar-refractivity contribution in [2.75, 3.05) is 0 Å². The van der Waals surface area contributed by atoms with Gasteiger partial charge in [-0.1, -0.05) is 66.5 Å². The summed E-state index contributed by atoms with van der Waals surface area (Å²) < 4.78 is 42.6. The smallest absolute Gasteiger partial charge is 0.239 e. The average Bonchev–Trinajstić information content (AvgIpc) is 2.53. The molecule has 0 bridgehead atoms. The number of sulfonamides is 1. The van der Waals surface area contributed by atoms with Crippen LogP contribution in [0.5, 0.6) is 0 Å². The maximum Gasteiger partial charge on any atom is 0.290 e. The Kier molecular flexibility index (Phi) is 5.54. The van der Waals surface area contributed by atoms with Crippen molar-refractivity contribution in [3.8, 4) is 0 Å². The van der Waals surface area contributed by atoms with Crippen LogP contribution in [-0.2, 0) is 19.8 Å². The maximum atomic E-state index is 13.5. The highest BCUT2D eigenvalue weighted by atomic mass is 32.3. The Hall–Kier alpha value is -1.92. The molecule has 0 saturated carbocycles. The normalized spacial score (nSPS) is 15.0. The van der Waals surface area contributed by atoms with E-state index in [-0.39, 0.29) is 10.3 Å². The molecule has 0 aliphatic heterocycles. The fraction of sp³-hybridized carbons (Fsp3) is 0.263. The minimum atomic E-state index is -4.05. The molecule has 0 amide bonds. The lowest BCUT2D eigenvalue weighted by Crippen LogP contribution is -2.06. The van der Waals surface area contributed by atoms with Crippen molar-refractivity contribution in [1.82, 2.24) is 0 Å². The van der Waals surface area contributed by atoms with Crippen LogP contribution < -0.4 is 0 Å². The molecule has 1 atom stereocenters. The van der Waals surface area contributed by atoms with Crippen molar-refractivity contribution in [3.63, 3.8) is 0 Å². The SMILES string of the molecule is Cc1ccc(S(=O)(=O)N=S(=O)(C=CC(C)(C)C)c2ccccc2)cc1. The molecule has 0 aliphatic carbocycles. The number of aryl methyl sites for hydroxylation is 1. The van der Waals surface area contributed by atoms with Gasteiger partial charge in [0.1, 0.15) is 9.73 Å². The van der Waals surface area contributed by atoms with Crippen LogP contribution in [0.1, 0.15) is 26.3 Å². The standard InChI is InChI=1S/C19H23NO3S2/c1-16-10-12-18(13-11-16)25(22,23)20-24(21,15-14-19(2,3)4)17-8-6-5-7-9-17/h5-15H,1-4H3. The van der Waals surface area contributed by atoms with E-state index in [0.717, 1.165) is 5.56 Å². The van der Waals surface area contributed by atoms with Crippen LogP contribution >= 0.6 is 0 Å². The second-order valence-corrected chi connectivity index (χ2v) is 10.8. The third-order valence-electron chi connectivity index (χ3n) is 3.36. The Bertz CT molecular complexity index is 975. The number of hydrogen-bond donors (Lipinski definition) is 0. The van der Waals surface area contributed by atoms with Crippen molar-refractivity contribution < 1.29 is 12.6 Å². The molecule has 0 spiro atoms. The van der Waals surface area contributed by atoms with Gasteiger partial charge in [0.15, 0.2) is 0 Å². The number of allylic oxidation sites excluding steroid dienone is 1. The Morgan fingerprint density at radius 1 is 0.840 bits per heavy atom. The molecule has 0 N–H and O–H groups in total. The van der Waals surface area contributed by atoms with Gasteiger partial charge in [0.05, 0.1) is 9.79 Å². The zero-order valence-corrected chi connectivity index (χ0v) is 16.5. The van der Waals surface area contributed by atoms with E-state index in [9.17, 15) is 12.6 Å². The molecule has 1 unspecified atom stereocenters. The summed E-state index contributed by atoms with van der Waals surface area (Å²) in [6, 6.07) is 14.8. The van der Waals surface area contributed by atoms with Gasteiger partial charge in [-0.15, -0.1) is 0 Å². The fourth-order valence-electron chi connectivity index (χ4n) is 1.96. The Morgan fingerprint density at radius 3 is 1.92 bits per heavy atom. The zero-order chi connectivity index (χ0) is 18.7. The predicted octanol–water partition coefficient (Wildman–Crippen LogP) is 4.77. The molecular weight excluding hydrogens is 354 g/mol. The molecule has 0 fully saturated rings. The van der Waals surface area contributed by atoms with E-state index in [2.05, 4.69) is 3.77 Å². The number of benzene rings is 2. The van der Waals surface area contributed by atoms with E-state index in [4.69, 9.17) is 0 Å². The quantitative estimate of drug-likeness (QED) is 0.771. The lowest BCUT2D eigenvalue weighted by atomic mass is 9.98. The molecule has 2 aromatic carbocycles. The van der Waals surface area contributed by atoms with Crippen molar-refractivity contribution in [2.24, 2.45) is 9.18 Å². The van der Waals surface area contributed by atoms with Crippen molar-refractivity contribution >= 4 is 19.8 Å². The Labute approximate surface area is 150 Å². The summed E-state index contributed by atoms with van der Waals surface area (Å²) in [5, 5.41) is 1.41. The van der Waals surface area contributed by atoms with Gasteiger partial charge in [0.25, 0.3) is 10.0 Å². The van der Waals surface area contributed by atoms with Crippen LogP contribution in [0, 0.1) is 12.3 Å². The third kappa shape index (κ3) is 5.28. The summed E-state index contributed by atoms with van der Waals surface area (Å²) in [6.07, 6.45) is 1.73. The van der Waals surface area contributed by atoms with Crippen LogP contribution in [0.3, 0.4) is 0 Å². The van der Waals surface area contributed by atoms with Gasteiger partial charge in [0.2, 0.25) is 0 Å². The van der Waals surface area contributed by atoms with Gasteiger partial charge >= 0.3 is 0 Å². The summed E-state index contributed by atoms with van der Waals surface area (Å²) in [5.74, 6) is 0. The highest BCUT2D eigenvalue weighted by Crippen LogP contribution is 2.24. The second kappa shape index (κ2) is 7.14. The molecule has 6 heteroatoms. The molecule has 25 heavy (non-hydrogen) atoms. The number of nitrogens with zero attached hydrogens (tertiary/aromatic N) is 1. The van der Waals surface area contributed by atoms with Gasteiger partial charge in [-0.05, 0) is 36.6 Å². The first-order chi connectivity index (χ1) is 11.5. The largest absolute Gasteiger partial charge is 0.290 e. The van der Waals surface area contributed by atoms with E-state index >= 15 is 0 Å². The van der Waals surface area contributed by atoms with Gasteiger partial charge in [-0.25, -0.2) is 4.21 Å². The maximum absolute atomic E-state index is 13.5. The first kappa shape index (κ1) is 19.4. The minimum absolute atomic E-state index is 0.0333. The zero-order valence-electron chi connectivity index (χ0n) is 14.8. The van der Waals surface area contributed by atoms with Gasteiger partial charge in [0, 0.05) is 5.41 Å². The van der Waals surface area contributed by atoms with Crippen LogP contribution in [0.15, 0.2) is 79.6 Å². The summed E-state index contributed by atoms with van der Waals surface area (Å²) in [4.78, 5) is 0.400. The van der Waals surface area contributed by atoms with E-state index in [1.54, 1.807) is 48.5 Å².